The molecule has 0 unspecified atom stereocenters. The molecule has 1 heterocycles. The average Bonchev–Trinajstić information content (AvgIpc) is 3.00. The van der Waals surface area contributed by atoms with Crippen LogP contribution in [-0.4, -0.2) is 27.7 Å². The molecule has 3 rings (SSSR count). The Labute approximate surface area is 143 Å². The number of nitriles is 1. The van der Waals surface area contributed by atoms with Gasteiger partial charge < -0.3 is 4.74 Å². The smallest absolute Gasteiger partial charge is 0.216 e. The molecule has 1 aromatic heterocycles. The molecule has 2 aromatic carbocycles. The highest BCUT2D eigenvalue weighted by Crippen LogP contribution is 2.18. The molecule has 0 aliphatic carbocycles. The summed E-state index contributed by atoms with van der Waals surface area (Å²) in [6, 6.07) is 18.9. The van der Waals surface area contributed by atoms with E-state index in [0.717, 1.165) is 11.1 Å². The third-order valence-electron chi connectivity index (χ3n) is 3.21. The Morgan fingerprint density at radius 3 is 2.75 bits per heavy atom. The molecule has 24 heavy (non-hydrogen) atoms. The molecule has 0 spiro atoms. The third-order valence-corrected chi connectivity index (χ3v) is 3.47. The molecule has 0 bridgehead atoms. The van der Waals surface area contributed by atoms with Crippen molar-refractivity contribution in [2.24, 2.45) is 5.10 Å². The second-order valence-electron chi connectivity index (χ2n) is 4.76. The Bertz CT molecular complexity index is 953. The first-order valence-corrected chi connectivity index (χ1v) is 7.56. The summed E-state index contributed by atoms with van der Waals surface area (Å²) in [7, 11) is 0. The highest BCUT2D eigenvalue weighted by atomic mass is 32.1. The number of nitrogens with zero attached hydrogens (tertiary/aromatic N) is 4. The number of aromatic nitrogens is 3. The van der Waals surface area contributed by atoms with E-state index in [1.54, 1.807) is 17.0 Å². The van der Waals surface area contributed by atoms with Crippen molar-refractivity contribution in [2.45, 2.75) is 0 Å². The standard InChI is InChI=1S/C17H13N5OS/c18-10-11-23-15-9-5-4-8-14(15)12-19-22-16(20-21-17(22)24)13-6-2-1-3-7-13/h1-9,12H,11H2,(H,21,24)/b19-12-. The minimum absolute atomic E-state index is 0.0226. The van der Waals surface area contributed by atoms with E-state index in [4.69, 9.17) is 22.2 Å². The maximum atomic E-state index is 8.66. The van der Waals surface area contributed by atoms with E-state index >= 15 is 0 Å². The molecule has 0 saturated heterocycles. The summed E-state index contributed by atoms with van der Waals surface area (Å²) in [5.41, 5.74) is 1.64. The fourth-order valence-corrected chi connectivity index (χ4v) is 2.30. The van der Waals surface area contributed by atoms with Crippen LogP contribution < -0.4 is 4.74 Å². The Morgan fingerprint density at radius 2 is 1.96 bits per heavy atom. The van der Waals surface area contributed by atoms with Gasteiger partial charge in [0.15, 0.2) is 12.4 Å². The predicted octanol–water partition coefficient (Wildman–Crippen LogP) is 3.39. The lowest BCUT2D eigenvalue weighted by molar-refractivity contribution is 0.367. The van der Waals surface area contributed by atoms with Gasteiger partial charge in [-0.15, -0.1) is 0 Å². The highest BCUT2D eigenvalue weighted by molar-refractivity contribution is 7.71. The van der Waals surface area contributed by atoms with Crippen LogP contribution in [0.5, 0.6) is 5.75 Å². The first-order valence-electron chi connectivity index (χ1n) is 7.15. The normalized spacial score (nSPS) is 10.6. The second kappa shape index (κ2) is 7.35. The number of para-hydroxylation sites is 1. The van der Waals surface area contributed by atoms with E-state index in [-0.39, 0.29) is 6.61 Å². The number of rotatable bonds is 5. The van der Waals surface area contributed by atoms with Crippen molar-refractivity contribution in [1.82, 2.24) is 14.9 Å². The number of nitrogens with one attached hydrogen (secondary N) is 1. The van der Waals surface area contributed by atoms with Crippen LogP contribution in [0.2, 0.25) is 0 Å². The minimum atomic E-state index is -0.0226. The van der Waals surface area contributed by atoms with Crippen molar-refractivity contribution >= 4 is 18.4 Å². The molecule has 118 valence electrons. The van der Waals surface area contributed by atoms with Gasteiger partial charge in [0.1, 0.15) is 11.8 Å². The zero-order chi connectivity index (χ0) is 16.8. The summed E-state index contributed by atoms with van der Waals surface area (Å²) in [4.78, 5) is 0. The molecule has 3 aromatic rings. The Balaban J connectivity index is 1.96. The molecule has 1 N–H and O–H groups in total. The van der Waals surface area contributed by atoms with Crippen LogP contribution in [0.1, 0.15) is 5.56 Å². The van der Waals surface area contributed by atoms with Gasteiger partial charge in [-0.25, -0.2) is 5.10 Å². The summed E-state index contributed by atoms with van der Waals surface area (Å²) >= 11 is 5.25. The maximum absolute atomic E-state index is 8.66. The zero-order valence-electron chi connectivity index (χ0n) is 12.6. The molecule has 0 aliphatic rings. The van der Waals surface area contributed by atoms with Gasteiger partial charge in [0.25, 0.3) is 0 Å². The van der Waals surface area contributed by atoms with Crippen LogP contribution >= 0.6 is 12.2 Å². The lowest BCUT2D eigenvalue weighted by atomic mass is 10.2. The van der Waals surface area contributed by atoms with Crippen LogP contribution in [0.15, 0.2) is 59.7 Å². The van der Waals surface area contributed by atoms with E-state index in [1.807, 2.05) is 54.6 Å². The van der Waals surface area contributed by atoms with Crippen molar-refractivity contribution in [2.75, 3.05) is 6.61 Å². The lowest BCUT2D eigenvalue weighted by Crippen LogP contribution is -1.99. The van der Waals surface area contributed by atoms with Crippen LogP contribution in [-0.2, 0) is 0 Å². The SMILES string of the molecule is N#CCOc1ccccc1/C=N\n1c(-c2ccccc2)n[nH]c1=S. The number of aromatic amines is 1. The van der Waals surface area contributed by atoms with Crippen molar-refractivity contribution in [3.63, 3.8) is 0 Å². The second-order valence-corrected chi connectivity index (χ2v) is 5.15. The van der Waals surface area contributed by atoms with Crippen LogP contribution in [0.3, 0.4) is 0 Å². The number of ether oxygens (including phenoxy) is 1. The van der Waals surface area contributed by atoms with Gasteiger partial charge in [-0.2, -0.15) is 20.1 Å². The predicted molar refractivity (Wildman–Crippen MR) is 93.4 cm³/mol. The summed E-state index contributed by atoms with van der Waals surface area (Å²) in [5, 5.41) is 20.0. The lowest BCUT2D eigenvalue weighted by Gasteiger charge is -2.05. The van der Waals surface area contributed by atoms with Gasteiger partial charge in [0.05, 0.1) is 6.21 Å². The monoisotopic (exact) mass is 335 g/mol. The van der Waals surface area contributed by atoms with Crippen LogP contribution in [0, 0.1) is 16.1 Å². The van der Waals surface area contributed by atoms with Crippen LogP contribution in [0.25, 0.3) is 11.4 Å². The van der Waals surface area contributed by atoms with E-state index in [9.17, 15) is 0 Å². The van der Waals surface area contributed by atoms with E-state index in [1.165, 1.54) is 0 Å². The van der Waals surface area contributed by atoms with Gasteiger partial charge in [-0.3, -0.25) is 0 Å². The van der Waals surface area contributed by atoms with Crippen LogP contribution in [0.4, 0.5) is 0 Å². The van der Waals surface area contributed by atoms with Gasteiger partial charge in [0.2, 0.25) is 4.77 Å². The van der Waals surface area contributed by atoms with Crippen molar-refractivity contribution in [1.29, 1.82) is 5.26 Å². The fourth-order valence-electron chi connectivity index (χ4n) is 2.12. The number of H-pyrrole nitrogens is 1. The topological polar surface area (TPSA) is 79.0 Å². The molecule has 0 radical (unpaired) electrons. The van der Waals surface area contributed by atoms with Gasteiger partial charge >= 0.3 is 0 Å². The van der Waals surface area contributed by atoms with E-state index < -0.39 is 0 Å². The quantitative estimate of drug-likeness (QED) is 0.572. The largest absolute Gasteiger partial charge is 0.478 e. The summed E-state index contributed by atoms with van der Waals surface area (Å²) in [6.45, 7) is -0.0226. The van der Waals surface area contributed by atoms with Crippen molar-refractivity contribution in [3.8, 4) is 23.2 Å². The molecule has 0 aliphatic heterocycles. The number of hydrogen-bond acceptors (Lipinski definition) is 5. The zero-order valence-corrected chi connectivity index (χ0v) is 13.4. The van der Waals surface area contributed by atoms with Crippen molar-refractivity contribution in [3.05, 3.63) is 64.9 Å². The molecule has 7 heteroatoms. The van der Waals surface area contributed by atoms with Gasteiger partial charge in [0, 0.05) is 11.1 Å². The molecule has 0 amide bonds. The number of hydrogen-bond donors (Lipinski definition) is 1. The maximum Gasteiger partial charge on any atom is 0.216 e. The Kier molecular flexibility index (Phi) is 4.79. The molecule has 0 fully saturated rings. The van der Waals surface area contributed by atoms with Gasteiger partial charge in [-0.05, 0) is 24.4 Å². The first kappa shape index (κ1) is 15.6. The molecular formula is C17H13N5OS. The molecule has 0 atom stereocenters. The third kappa shape index (κ3) is 3.39. The van der Waals surface area contributed by atoms with E-state index in [2.05, 4.69) is 15.3 Å². The molecule has 0 saturated carbocycles. The van der Waals surface area contributed by atoms with E-state index in [0.29, 0.717) is 16.3 Å². The van der Waals surface area contributed by atoms with Gasteiger partial charge in [-0.1, -0.05) is 42.5 Å². The summed E-state index contributed by atoms with van der Waals surface area (Å²) in [5.74, 6) is 1.20. The Morgan fingerprint density at radius 1 is 1.21 bits per heavy atom. The minimum Gasteiger partial charge on any atom is -0.478 e. The summed E-state index contributed by atoms with van der Waals surface area (Å²) < 4.78 is 7.33. The highest BCUT2D eigenvalue weighted by Gasteiger charge is 2.07. The average molecular weight is 335 g/mol. The fraction of sp³-hybridized carbons (Fsp3) is 0.0588. The summed E-state index contributed by atoms with van der Waals surface area (Å²) in [6.07, 6.45) is 1.63. The molecular weight excluding hydrogens is 322 g/mol. The number of benzene rings is 2. The first-order chi connectivity index (χ1) is 11.8. The van der Waals surface area contributed by atoms with Crippen molar-refractivity contribution < 1.29 is 4.74 Å². The molecule has 6 nitrogen and oxygen atoms in total. The Hall–Kier alpha value is -3.24.